The van der Waals surface area contributed by atoms with Crippen molar-refractivity contribution in [2.75, 3.05) is 0 Å². The Balaban J connectivity index is 1.76. The van der Waals surface area contributed by atoms with Gasteiger partial charge in [0.15, 0.2) is 0 Å². The SMILES string of the molecule is O=C(O)C1c2ccc3c(-c4ccccc4)c4cc(ccc4c(-c4ccccc4)c3c2)-c2ccccc21. The molecule has 1 atom stereocenters. The highest BCUT2D eigenvalue weighted by Gasteiger charge is 2.28. The van der Waals surface area contributed by atoms with Crippen LogP contribution in [0.2, 0.25) is 0 Å². The molecule has 0 aromatic heterocycles. The topological polar surface area (TPSA) is 37.3 Å². The van der Waals surface area contributed by atoms with Crippen molar-refractivity contribution in [1.29, 1.82) is 0 Å². The summed E-state index contributed by atoms with van der Waals surface area (Å²) < 4.78 is 0. The Bertz CT molecular complexity index is 1800. The van der Waals surface area contributed by atoms with Crippen molar-refractivity contribution >= 4 is 27.5 Å². The minimum atomic E-state index is -0.843. The molecule has 0 fully saturated rings. The highest BCUT2D eigenvalue weighted by Crippen LogP contribution is 2.47. The average molecular weight is 463 g/mol. The Morgan fingerprint density at radius 3 is 1.72 bits per heavy atom. The molecular weight excluding hydrogens is 440 g/mol. The summed E-state index contributed by atoms with van der Waals surface area (Å²) in [5, 5.41) is 15.0. The zero-order valence-electron chi connectivity index (χ0n) is 19.5. The van der Waals surface area contributed by atoms with Crippen LogP contribution in [0.4, 0.5) is 0 Å². The number of benzene rings is 6. The van der Waals surface area contributed by atoms with Gasteiger partial charge < -0.3 is 5.11 Å². The van der Waals surface area contributed by atoms with Crippen LogP contribution in [0, 0.1) is 0 Å². The van der Waals surface area contributed by atoms with Crippen LogP contribution in [0.15, 0.2) is 121 Å². The predicted octanol–water partition coefficient (Wildman–Crippen LogP) is 8.52. The standard InChI is InChI=1S/C34H22O2/c35-34(36)33-24-16-18-28-30(20-24)32(22-11-5-2-6-12-22)27-17-15-23(25-13-7-8-14-26(25)33)19-29(27)31(28)21-9-3-1-4-10-21/h1-20,33H,(H,35,36). The minimum Gasteiger partial charge on any atom is -0.481 e. The maximum Gasteiger partial charge on any atom is 0.315 e. The second-order valence-electron chi connectivity index (χ2n) is 9.41. The summed E-state index contributed by atoms with van der Waals surface area (Å²) in [6.45, 7) is 0. The first-order chi connectivity index (χ1) is 17.7. The molecule has 0 aliphatic heterocycles. The van der Waals surface area contributed by atoms with Gasteiger partial charge in [-0.05, 0) is 78.2 Å². The van der Waals surface area contributed by atoms with E-state index < -0.39 is 11.9 Å². The van der Waals surface area contributed by atoms with Gasteiger partial charge in [-0.15, -0.1) is 0 Å². The first-order valence-corrected chi connectivity index (χ1v) is 12.2. The summed E-state index contributed by atoms with van der Waals surface area (Å²) >= 11 is 0. The summed E-state index contributed by atoms with van der Waals surface area (Å²) in [5.74, 6) is -1.60. The molecule has 6 bridgehead atoms. The number of aliphatic carboxylic acids is 1. The highest BCUT2D eigenvalue weighted by molar-refractivity contribution is 6.22. The second kappa shape index (κ2) is 7.93. The number of hydrogen-bond donors (Lipinski definition) is 1. The Labute approximate surface area is 209 Å². The highest BCUT2D eigenvalue weighted by atomic mass is 16.4. The van der Waals surface area contributed by atoms with E-state index in [4.69, 9.17) is 0 Å². The molecular formula is C34H22O2. The largest absolute Gasteiger partial charge is 0.481 e. The summed E-state index contributed by atoms with van der Waals surface area (Å²) in [7, 11) is 0. The molecule has 170 valence electrons. The van der Waals surface area contributed by atoms with E-state index in [0.717, 1.165) is 49.7 Å². The molecule has 1 N–H and O–H groups in total. The molecule has 0 saturated heterocycles. The Hall–Kier alpha value is -4.69. The van der Waals surface area contributed by atoms with Gasteiger partial charge in [0.1, 0.15) is 5.92 Å². The van der Waals surface area contributed by atoms with Gasteiger partial charge >= 0.3 is 5.97 Å². The lowest BCUT2D eigenvalue weighted by atomic mass is 9.84. The van der Waals surface area contributed by atoms with Crippen LogP contribution in [0.5, 0.6) is 0 Å². The molecule has 0 heterocycles. The van der Waals surface area contributed by atoms with Gasteiger partial charge in [-0.1, -0.05) is 109 Å². The smallest absolute Gasteiger partial charge is 0.315 e. The van der Waals surface area contributed by atoms with E-state index >= 15 is 0 Å². The molecule has 2 nitrogen and oxygen atoms in total. The van der Waals surface area contributed by atoms with Gasteiger partial charge in [0, 0.05) is 0 Å². The van der Waals surface area contributed by atoms with Crippen molar-refractivity contribution < 1.29 is 9.90 Å². The molecule has 0 radical (unpaired) electrons. The minimum absolute atomic E-state index is 0.760. The van der Waals surface area contributed by atoms with E-state index in [1.54, 1.807) is 0 Å². The van der Waals surface area contributed by atoms with Crippen LogP contribution in [0.1, 0.15) is 17.0 Å². The van der Waals surface area contributed by atoms with Crippen LogP contribution in [0.3, 0.4) is 0 Å². The predicted molar refractivity (Wildman–Crippen MR) is 147 cm³/mol. The molecule has 0 amide bonds. The maximum absolute atomic E-state index is 12.8. The van der Waals surface area contributed by atoms with E-state index in [9.17, 15) is 9.90 Å². The molecule has 4 aliphatic carbocycles. The lowest BCUT2D eigenvalue weighted by Crippen LogP contribution is -2.14. The number of carboxylic acids is 1. The first-order valence-electron chi connectivity index (χ1n) is 12.2. The van der Waals surface area contributed by atoms with Crippen LogP contribution >= 0.6 is 0 Å². The normalized spacial score (nSPS) is 14.1. The van der Waals surface area contributed by atoms with Gasteiger partial charge in [0.2, 0.25) is 0 Å². The van der Waals surface area contributed by atoms with Crippen molar-refractivity contribution in [1.82, 2.24) is 0 Å². The molecule has 0 spiro atoms. The van der Waals surface area contributed by atoms with Crippen LogP contribution in [0.25, 0.3) is 54.9 Å². The van der Waals surface area contributed by atoms with Crippen molar-refractivity contribution in [3.63, 3.8) is 0 Å². The fourth-order valence-corrected chi connectivity index (χ4v) is 5.89. The van der Waals surface area contributed by atoms with E-state index in [0.29, 0.717) is 0 Å². The number of rotatable bonds is 3. The third-order valence-corrected chi connectivity index (χ3v) is 7.43. The molecule has 10 rings (SSSR count). The average Bonchev–Trinajstić information content (AvgIpc) is 2.96. The first kappa shape index (κ1) is 20.7. The zero-order chi connectivity index (χ0) is 24.2. The number of carbonyl (C=O) groups is 1. The summed E-state index contributed by atoms with van der Waals surface area (Å²) in [4.78, 5) is 12.8. The van der Waals surface area contributed by atoms with Crippen LogP contribution < -0.4 is 0 Å². The van der Waals surface area contributed by atoms with Gasteiger partial charge in [0.05, 0.1) is 0 Å². The van der Waals surface area contributed by atoms with Crippen molar-refractivity contribution in [2.24, 2.45) is 0 Å². The summed E-state index contributed by atoms with van der Waals surface area (Å²) in [6.07, 6.45) is 0. The van der Waals surface area contributed by atoms with E-state index in [-0.39, 0.29) is 0 Å². The van der Waals surface area contributed by atoms with Crippen LogP contribution in [-0.4, -0.2) is 11.1 Å². The van der Waals surface area contributed by atoms with Gasteiger partial charge in [-0.3, -0.25) is 4.79 Å². The monoisotopic (exact) mass is 462 g/mol. The Kier molecular flexibility index (Phi) is 4.55. The molecule has 1 unspecified atom stereocenters. The molecule has 0 saturated carbocycles. The number of carboxylic acid groups (broad SMARTS) is 1. The van der Waals surface area contributed by atoms with E-state index in [1.165, 1.54) is 16.3 Å². The van der Waals surface area contributed by atoms with Crippen molar-refractivity contribution in [3.8, 4) is 33.4 Å². The second-order valence-corrected chi connectivity index (χ2v) is 9.41. The third-order valence-electron chi connectivity index (χ3n) is 7.43. The lowest BCUT2D eigenvalue weighted by Gasteiger charge is -2.19. The number of hydrogen-bond acceptors (Lipinski definition) is 1. The Morgan fingerprint density at radius 1 is 0.528 bits per heavy atom. The lowest BCUT2D eigenvalue weighted by molar-refractivity contribution is -0.137. The summed E-state index contributed by atoms with van der Waals surface area (Å²) in [5.41, 5.74) is 8.19. The van der Waals surface area contributed by atoms with Gasteiger partial charge in [0.25, 0.3) is 0 Å². The van der Waals surface area contributed by atoms with Gasteiger partial charge in [-0.2, -0.15) is 0 Å². The summed E-state index contributed by atoms with van der Waals surface area (Å²) in [6, 6.07) is 41.7. The molecule has 6 aromatic rings. The Morgan fingerprint density at radius 2 is 1.08 bits per heavy atom. The van der Waals surface area contributed by atoms with Crippen LogP contribution in [-0.2, 0) is 4.79 Å². The quantitative estimate of drug-likeness (QED) is 0.268. The van der Waals surface area contributed by atoms with E-state index in [1.807, 2.05) is 42.5 Å². The third kappa shape index (κ3) is 3.01. The van der Waals surface area contributed by atoms with E-state index in [2.05, 4.69) is 78.9 Å². The fraction of sp³-hybridized carbons (Fsp3) is 0.0294. The van der Waals surface area contributed by atoms with Crippen molar-refractivity contribution in [2.45, 2.75) is 5.92 Å². The van der Waals surface area contributed by atoms with Gasteiger partial charge in [-0.25, -0.2) is 0 Å². The molecule has 36 heavy (non-hydrogen) atoms. The molecule has 2 heteroatoms. The number of fused-ring (bicyclic) bond motifs is 2. The zero-order valence-corrected chi connectivity index (χ0v) is 19.5. The maximum atomic E-state index is 12.8. The fourth-order valence-electron chi connectivity index (χ4n) is 5.89. The van der Waals surface area contributed by atoms with Crippen molar-refractivity contribution in [3.05, 3.63) is 132 Å². The molecule has 4 aliphatic rings. The molecule has 6 aromatic carbocycles.